The Morgan fingerprint density at radius 1 is 1.29 bits per heavy atom. The van der Waals surface area contributed by atoms with Crippen molar-refractivity contribution in [2.45, 2.75) is 58.2 Å². The third kappa shape index (κ3) is 5.35. The molecule has 1 saturated heterocycles. The number of aromatic nitrogens is 1. The summed E-state index contributed by atoms with van der Waals surface area (Å²) in [5, 5.41) is 4.09. The van der Waals surface area contributed by atoms with E-state index in [2.05, 4.69) is 46.2 Å². The molecule has 1 aliphatic carbocycles. The van der Waals surface area contributed by atoms with Crippen molar-refractivity contribution in [1.29, 1.82) is 0 Å². The molecular formula is C29H41N5O4. The number of ether oxygens (including phenoxy) is 1. The fraction of sp³-hybridized carbons (Fsp3) is 0.552. The van der Waals surface area contributed by atoms with E-state index in [9.17, 15) is 14.4 Å². The number of imide groups is 1. The van der Waals surface area contributed by atoms with Crippen molar-refractivity contribution < 1.29 is 19.1 Å². The molecule has 1 aliphatic heterocycles. The second-order valence-corrected chi connectivity index (χ2v) is 10.3. The van der Waals surface area contributed by atoms with Crippen LogP contribution in [-0.2, 0) is 20.7 Å². The number of nitrogens with zero attached hydrogens (tertiary/aromatic N) is 3. The zero-order chi connectivity index (χ0) is 27.4. The normalized spacial score (nSPS) is 21.6. The molecule has 0 spiro atoms. The topological polar surface area (TPSA) is 98.0 Å². The van der Waals surface area contributed by atoms with Gasteiger partial charge in [-0.15, -0.1) is 6.58 Å². The Hall–Kier alpha value is -3.17. The maximum atomic E-state index is 14.3. The summed E-state index contributed by atoms with van der Waals surface area (Å²) in [6, 6.07) is 6.17. The number of hydrogen-bond donors (Lipinski definition) is 2. The van der Waals surface area contributed by atoms with Crippen LogP contribution in [0.25, 0.3) is 10.9 Å². The Bertz CT molecular complexity index is 1180. The third-order valence-corrected chi connectivity index (χ3v) is 7.93. The molecule has 2 heterocycles. The lowest BCUT2D eigenvalue weighted by atomic mass is 9.72. The lowest BCUT2D eigenvalue weighted by Gasteiger charge is -2.47. The number of amides is 3. The number of likely N-dealkylation sites (N-methyl/N-ethyl adjacent to an activating group) is 1. The number of likely N-dealkylation sites (tertiary alicyclic amines) is 1. The van der Waals surface area contributed by atoms with E-state index >= 15 is 0 Å². The van der Waals surface area contributed by atoms with E-state index in [1.807, 2.05) is 19.9 Å². The highest BCUT2D eigenvalue weighted by Crippen LogP contribution is 2.45. The summed E-state index contributed by atoms with van der Waals surface area (Å²) in [6.45, 7) is 11.4. The van der Waals surface area contributed by atoms with Crippen LogP contribution in [0.1, 0.15) is 50.7 Å². The summed E-state index contributed by atoms with van der Waals surface area (Å²) in [7, 11) is 1.75. The second kappa shape index (κ2) is 12.1. The van der Waals surface area contributed by atoms with Gasteiger partial charge in [0, 0.05) is 48.7 Å². The average Bonchev–Trinajstić information content (AvgIpc) is 3.31. The number of aromatic amines is 1. The highest BCUT2D eigenvalue weighted by Gasteiger charge is 2.45. The molecule has 0 radical (unpaired) electrons. The maximum Gasteiger partial charge on any atom is 0.325 e. The third-order valence-electron chi connectivity index (χ3n) is 7.93. The minimum Gasteiger partial charge on any atom is -0.465 e. The minimum atomic E-state index is -0.574. The minimum absolute atomic E-state index is 0.00818. The van der Waals surface area contributed by atoms with Crippen LogP contribution in [0.3, 0.4) is 0 Å². The molecule has 1 aromatic carbocycles. The van der Waals surface area contributed by atoms with Gasteiger partial charge in [0.25, 0.3) is 0 Å². The van der Waals surface area contributed by atoms with Crippen molar-refractivity contribution in [3.05, 3.63) is 48.2 Å². The van der Waals surface area contributed by atoms with Crippen LogP contribution in [0, 0.1) is 5.92 Å². The zero-order valence-corrected chi connectivity index (χ0v) is 23.0. The summed E-state index contributed by atoms with van der Waals surface area (Å²) in [6.07, 6.45) is 5.48. The summed E-state index contributed by atoms with van der Waals surface area (Å²) in [5.41, 5.74) is 3.69. The van der Waals surface area contributed by atoms with Gasteiger partial charge in [-0.2, -0.15) is 0 Å². The van der Waals surface area contributed by atoms with Gasteiger partial charge in [0.05, 0.1) is 25.2 Å². The molecule has 4 rings (SSSR count). The number of carbonyl (C=O) groups excluding carboxylic acids is 3. The number of rotatable bonds is 10. The van der Waals surface area contributed by atoms with E-state index in [1.54, 1.807) is 18.9 Å². The summed E-state index contributed by atoms with van der Waals surface area (Å²) in [4.78, 5) is 48.6. The zero-order valence-electron chi connectivity index (χ0n) is 23.0. The number of fused-ring (bicyclic) bond motifs is 2. The first-order chi connectivity index (χ1) is 18.3. The fourth-order valence-corrected chi connectivity index (χ4v) is 6.37. The average molecular weight is 524 g/mol. The molecule has 2 aromatic rings. The van der Waals surface area contributed by atoms with Crippen LogP contribution in [0.15, 0.2) is 37.1 Å². The van der Waals surface area contributed by atoms with E-state index in [1.165, 1.54) is 21.4 Å². The van der Waals surface area contributed by atoms with Gasteiger partial charge >= 0.3 is 12.0 Å². The van der Waals surface area contributed by atoms with E-state index in [-0.39, 0.29) is 42.9 Å². The molecule has 9 nitrogen and oxygen atoms in total. The first kappa shape index (κ1) is 27.9. The molecule has 1 unspecified atom stereocenters. The van der Waals surface area contributed by atoms with Gasteiger partial charge in [0.15, 0.2) is 0 Å². The van der Waals surface area contributed by atoms with Gasteiger partial charge < -0.3 is 15.0 Å². The van der Waals surface area contributed by atoms with Gasteiger partial charge in [0.1, 0.15) is 0 Å². The van der Waals surface area contributed by atoms with Crippen LogP contribution in [0.2, 0.25) is 0 Å². The Balaban J connectivity index is 1.66. The van der Waals surface area contributed by atoms with Crippen molar-refractivity contribution in [1.82, 2.24) is 25.0 Å². The summed E-state index contributed by atoms with van der Waals surface area (Å²) in [5.74, 6) is -0.803. The van der Waals surface area contributed by atoms with Crippen LogP contribution in [0.4, 0.5) is 4.79 Å². The number of benzene rings is 1. The molecule has 3 amide bonds. The fourth-order valence-electron chi connectivity index (χ4n) is 6.37. The second-order valence-electron chi connectivity index (χ2n) is 10.3. The van der Waals surface area contributed by atoms with Crippen LogP contribution in [0.5, 0.6) is 0 Å². The molecule has 206 valence electrons. The van der Waals surface area contributed by atoms with E-state index in [0.717, 1.165) is 11.9 Å². The number of urea groups is 1. The van der Waals surface area contributed by atoms with Gasteiger partial charge in [-0.1, -0.05) is 25.1 Å². The first-order valence-electron chi connectivity index (χ1n) is 13.7. The van der Waals surface area contributed by atoms with Crippen molar-refractivity contribution in [3.63, 3.8) is 0 Å². The molecule has 1 aromatic heterocycles. The number of piperidine rings is 1. The predicted octanol–water partition coefficient (Wildman–Crippen LogP) is 3.47. The highest BCUT2D eigenvalue weighted by atomic mass is 16.5. The molecule has 4 atom stereocenters. The quantitative estimate of drug-likeness (QED) is 0.281. The molecule has 1 fully saturated rings. The van der Waals surface area contributed by atoms with Crippen molar-refractivity contribution in [2.75, 3.05) is 39.8 Å². The number of H-pyrrole nitrogens is 1. The van der Waals surface area contributed by atoms with Crippen LogP contribution >= 0.6 is 0 Å². The molecular weight excluding hydrogens is 482 g/mol. The van der Waals surface area contributed by atoms with E-state index in [0.29, 0.717) is 32.5 Å². The molecule has 0 bridgehead atoms. The molecule has 9 heteroatoms. The van der Waals surface area contributed by atoms with E-state index in [4.69, 9.17) is 4.74 Å². The molecule has 2 aliphatic rings. The van der Waals surface area contributed by atoms with Crippen molar-refractivity contribution in [3.8, 4) is 0 Å². The smallest absolute Gasteiger partial charge is 0.325 e. The SMILES string of the molecule is C=CCN1C[C@H](C(=O)N(C(=O)NCC)C(CC)N(C)CC(=O)OCC)C[C@@H]2c3cccc4[nH]cc(c34)C[C@H]21. The van der Waals surface area contributed by atoms with Crippen molar-refractivity contribution in [2.24, 2.45) is 5.92 Å². The van der Waals surface area contributed by atoms with Gasteiger partial charge in [-0.3, -0.25) is 19.4 Å². The number of nitrogens with one attached hydrogen (secondary N) is 2. The Kier molecular flexibility index (Phi) is 8.89. The number of hydrogen-bond acceptors (Lipinski definition) is 6. The molecule has 0 saturated carbocycles. The van der Waals surface area contributed by atoms with Crippen LogP contribution in [-0.4, -0.2) is 89.6 Å². The summed E-state index contributed by atoms with van der Waals surface area (Å²) < 4.78 is 5.12. The Morgan fingerprint density at radius 3 is 2.76 bits per heavy atom. The molecule has 38 heavy (non-hydrogen) atoms. The molecule has 2 N–H and O–H groups in total. The van der Waals surface area contributed by atoms with Crippen LogP contribution < -0.4 is 5.32 Å². The lowest BCUT2D eigenvalue weighted by Crippen LogP contribution is -2.60. The number of esters is 1. The van der Waals surface area contributed by atoms with E-state index < -0.39 is 12.2 Å². The van der Waals surface area contributed by atoms with Gasteiger partial charge in [-0.05, 0) is 57.4 Å². The maximum absolute atomic E-state index is 14.3. The largest absolute Gasteiger partial charge is 0.465 e. The van der Waals surface area contributed by atoms with Gasteiger partial charge in [0.2, 0.25) is 5.91 Å². The Labute approximate surface area is 225 Å². The predicted molar refractivity (Wildman–Crippen MR) is 148 cm³/mol. The summed E-state index contributed by atoms with van der Waals surface area (Å²) >= 11 is 0. The van der Waals surface area contributed by atoms with Crippen molar-refractivity contribution >= 4 is 28.8 Å². The standard InChI is InChI=1S/C29H41N5O4/c1-6-13-33-17-20(14-22-21-11-10-12-23-27(21)19(16-31-23)15-24(22)33)28(36)34(29(37)30-8-3)25(7-2)32(5)18-26(35)38-9-4/h6,10-12,16,20,22,24-25,31H,1,7-9,13-15,17-18H2,2-5H3,(H,30,37)/t20-,22-,24-,25?/m1/s1. The number of carbonyl (C=O) groups is 3. The lowest BCUT2D eigenvalue weighted by molar-refractivity contribution is -0.149. The van der Waals surface area contributed by atoms with Gasteiger partial charge in [-0.25, -0.2) is 9.69 Å². The monoisotopic (exact) mass is 523 g/mol. The Morgan fingerprint density at radius 2 is 2.08 bits per heavy atom. The highest BCUT2D eigenvalue weighted by molar-refractivity contribution is 5.96. The first-order valence-corrected chi connectivity index (χ1v) is 13.7.